The first kappa shape index (κ1) is 17.7. The molecule has 0 heterocycles. The van der Waals surface area contributed by atoms with E-state index in [0.717, 1.165) is 0 Å². The minimum absolute atomic E-state index is 0. The largest absolute Gasteiger partial charge is 0.496 e. The first-order valence-electron chi connectivity index (χ1n) is 4.96. The van der Waals surface area contributed by atoms with Gasteiger partial charge in [-0.25, -0.2) is 13.1 Å². The number of hydrogen-bond acceptors (Lipinski definition) is 4. The number of nitrogens with one attached hydrogen (secondary N) is 1. The standard InChI is InChI=1S/C10H15BrN2O3S.ClH/c1-7(6-12)13-17(14,15)8-3-4-9(11)10(5-8)16-2;/h3-5,7,13H,6,12H2,1-2H3;1H/t7-;/m0./s1. The van der Waals surface area contributed by atoms with Crippen molar-refractivity contribution in [2.45, 2.75) is 17.9 Å². The van der Waals surface area contributed by atoms with Gasteiger partial charge in [0.05, 0.1) is 16.5 Å². The summed E-state index contributed by atoms with van der Waals surface area (Å²) in [6, 6.07) is 4.27. The van der Waals surface area contributed by atoms with E-state index >= 15 is 0 Å². The fourth-order valence-corrected chi connectivity index (χ4v) is 2.87. The number of sulfonamides is 1. The maximum atomic E-state index is 11.9. The van der Waals surface area contributed by atoms with Crippen LogP contribution in [0.1, 0.15) is 6.92 Å². The van der Waals surface area contributed by atoms with E-state index in [4.69, 9.17) is 10.5 Å². The van der Waals surface area contributed by atoms with Crippen LogP contribution in [0.25, 0.3) is 0 Å². The van der Waals surface area contributed by atoms with Crippen molar-refractivity contribution >= 4 is 38.4 Å². The molecular formula is C10H16BrClN2O3S. The molecule has 0 aromatic heterocycles. The van der Waals surface area contributed by atoms with Crippen LogP contribution >= 0.6 is 28.3 Å². The summed E-state index contributed by atoms with van der Waals surface area (Å²) in [4.78, 5) is 0.151. The molecule has 0 amide bonds. The van der Waals surface area contributed by atoms with Gasteiger partial charge in [-0.1, -0.05) is 0 Å². The predicted octanol–water partition coefficient (Wildman–Crippen LogP) is 1.51. The summed E-state index contributed by atoms with van der Waals surface area (Å²) < 4.78 is 32.1. The minimum Gasteiger partial charge on any atom is -0.496 e. The topological polar surface area (TPSA) is 81.4 Å². The van der Waals surface area contributed by atoms with Gasteiger partial charge in [-0.05, 0) is 35.0 Å². The normalized spacial score (nSPS) is 12.7. The minimum atomic E-state index is -3.55. The fraction of sp³-hybridized carbons (Fsp3) is 0.400. The maximum Gasteiger partial charge on any atom is 0.240 e. The van der Waals surface area contributed by atoms with Crippen LogP contribution in [0.3, 0.4) is 0 Å². The quantitative estimate of drug-likeness (QED) is 0.835. The average Bonchev–Trinajstić information content (AvgIpc) is 2.28. The van der Waals surface area contributed by atoms with Gasteiger partial charge in [0.15, 0.2) is 0 Å². The summed E-state index contributed by atoms with van der Waals surface area (Å²) in [6.07, 6.45) is 0. The Balaban J connectivity index is 0.00000289. The first-order valence-corrected chi connectivity index (χ1v) is 7.24. The summed E-state index contributed by atoms with van der Waals surface area (Å²) in [6.45, 7) is 1.94. The third kappa shape index (κ3) is 4.40. The van der Waals surface area contributed by atoms with E-state index in [-0.39, 0.29) is 29.9 Å². The molecule has 0 aliphatic rings. The third-order valence-electron chi connectivity index (χ3n) is 2.14. The molecule has 0 saturated carbocycles. The second-order valence-corrected chi connectivity index (χ2v) is 6.12. The molecular weight excluding hydrogens is 344 g/mol. The van der Waals surface area contributed by atoms with E-state index in [0.29, 0.717) is 10.2 Å². The molecule has 0 bridgehead atoms. The highest BCUT2D eigenvalue weighted by atomic mass is 79.9. The summed E-state index contributed by atoms with van der Waals surface area (Å²) in [5, 5.41) is 0. The summed E-state index contributed by atoms with van der Waals surface area (Å²) in [5.41, 5.74) is 5.38. The Bertz CT molecular complexity index is 496. The molecule has 1 rings (SSSR count). The number of halogens is 2. The lowest BCUT2D eigenvalue weighted by molar-refractivity contribution is 0.410. The van der Waals surface area contributed by atoms with Crippen LogP contribution < -0.4 is 15.2 Å². The summed E-state index contributed by atoms with van der Waals surface area (Å²) >= 11 is 3.26. The van der Waals surface area contributed by atoms with E-state index < -0.39 is 10.0 Å². The Labute approximate surface area is 122 Å². The lowest BCUT2D eigenvalue weighted by Gasteiger charge is -2.13. The highest BCUT2D eigenvalue weighted by molar-refractivity contribution is 9.10. The van der Waals surface area contributed by atoms with Gasteiger partial charge in [-0.3, -0.25) is 0 Å². The van der Waals surface area contributed by atoms with Gasteiger partial charge in [0.25, 0.3) is 0 Å². The highest BCUT2D eigenvalue weighted by Gasteiger charge is 2.18. The number of ether oxygens (including phenoxy) is 1. The molecule has 0 saturated heterocycles. The van der Waals surface area contributed by atoms with E-state index in [2.05, 4.69) is 20.7 Å². The van der Waals surface area contributed by atoms with E-state index in [9.17, 15) is 8.42 Å². The molecule has 104 valence electrons. The highest BCUT2D eigenvalue weighted by Crippen LogP contribution is 2.27. The zero-order valence-electron chi connectivity index (χ0n) is 10.0. The molecule has 5 nitrogen and oxygen atoms in total. The van der Waals surface area contributed by atoms with Crippen LogP contribution in [-0.4, -0.2) is 28.1 Å². The fourth-order valence-electron chi connectivity index (χ4n) is 1.19. The van der Waals surface area contributed by atoms with Gasteiger partial charge < -0.3 is 10.5 Å². The number of hydrogen-bond donors (Lipinski definition) is 2. The Hall–Kier alpha value is -0.340. The van der Waals surface area contributed by atoms with Crippen molar-refractivity contribution in [3.05, 3.63) is 22.7 Å². The smallest absolute Gasteiger partial charge is 0.240 e. The van der Waals surface area contributed by atoms with Crippen molar-refractivity contribution in [1.82, 2.24) is 4.72 Å². The van der Waals surface area contributed by atoms with Crippen LogP contribution in [0.15, 0.2) is 27.6 Å². The molecule has 1 aromatic carbocycles. The van der Waals surface area contributed by atoms with E-state index in [1.807, 2.05) is 0 Å². The van der Waals surface area contributed by atoms with Crippen LogP contribution in [0.4, 0.5) is 0 Å². The van der Waals surface area contributed by atoms with Crippen LogP contribution in [0.5, 0.6) is 5.75 Å². The number of methoxy groups -OCH3 is 1. The molecule has 0 radical (unpaired) electrons. The van der Waals surface area contributed by atoms with Crippen molar-refractivity contribution in [2.75, 3.05) is 13.7 Å². The van der Waals surface area contributed by atoms with Crippen molar-refractivity contribution in [3.8, 4) is 5.75 Å². The molecule has 0 spiro atoms. The van der Waals surface area contributed by atoms with Gasteiger partial charge in [-0.2, -0.15) is 0 Å². The summed E-state index contributed by atoms with van der Waals surface area (Å²) in [5.74, 6) is 0.466. The Kier molecular flexibility index (Phi) is 7.16. The lowest BCUT2D eigenvalue weighted by atomic mass is 10.3. The van der Waals surface area contributed by atoms with Gasteiger partial charge >= 0.3 is 0 Å². The molecule has 18 heavy (non-hydrogen) atoms. The number of rotatable bonds is 5. The third-order valence-corrected chi connectivity index (χ3v) is 4.39. The van der Waals surface area contributed by atoms with Gasteiger partial charge in [0.2, 0.25) is 10.0 Å². The molecule has 8 heteroatoms. The van der Waals surface area contributed by atoms with Crippen LogP contribution in [0, 0.1) is 0 Å². The van der Waals surface area contributed by atoms with Gasteiger partial charge in [0, 0.05) is 18.7 Å². The van der Waals surface area contributed by atoms with Crippen molar-refractivity contribution < 1.29 is 13.2 Å². The Morgan fingerprint density at radius 1 is 1.50 bits per heavy atom. The second kappa shape index (κ2) is 7.30. The zero-order chi connectivity index (χ0) is 13.1. The van der Waals surface area contributed by atoms with Crippen molar-refractivity contribution in [2.24, 2.45) is 5.73 Å². The first-order chi connectivity index (χ1) is 7.90. The monoisotopic (exact) mass is 358 g/mol. The average molecular weight is 360 g/mol. The molecule has 0 aliphatic heterocycles. The Morgan fingerprint density at radius 2 is 2.11 bits per heavy atom. The molecule has 1 aromatic rings. The Morgan fingerprint density at radius 3 is 2.61 bits per heavy atom. The van der Waals surface area contributed by atoms with Gasteiger partial charge in [0.1, 0.15) is 5.75 Å². The van der Waals surface area contributed by atoms with E-state index in [1.54, 1.807) is 13.0 Å². The van der Waals surface area contributed by atoms with E-state index in [1.165, 1.54) is 19.2 Å². The molecule has 0 fully saturated rings. The summed E-state index contributed by atoms with van der Waals surface area (Å²) in [7, 11) is -2.07. The van der Waals surface area contributed by atoms with Gasteiger partial charge in [-0.15, -0.1) is 12.4 Å². The van der Waals surface area contributed by atoms with Crippen molar-refractivity contribution in [1.29, 1.82) is 0 Å². The maximum absolute atomic E-state index is 11.9. The predicted molar refractivity (Wildman–Crippen MR) is 76.8 cm³/mol. The lowest BCUT2D eigenvalue weighted by Crippen LogP contribution is -2.37. The molecule has 1 atom stereocenters. The SMILES string of the molecule is COc1cc(S(=O)(=O)N[C@@H](C)CN)ccc1Br.Cl. The molecule has 3 N–H and O–H groups in total. The zero-order valence-corrected chi connectivity index (χ0v) is 13.2. The molecule has 0 unspecified atom stereocenters. The molecule has 0 aliphatic carbocycles. The number of benzene rings is 1. The second-order valence-electron chi connectivity index (χ2n) is 3.55. The van der Waals surface area contributed by atoms with Crippen LogP contribution in [-0.2, 0) is 10.0 Å². The van der Waals surface area contributed by atoms with Crippen molar-refractivity contribution in [3.63, 3.8) is 0 Å². The number of nitrogens with two attached hydrogens (primary N) is 1. The van der Waals surface area contributed by atoms with Crippen LogP contribution in [0.2, 0.25) is 0 Å².